The fourth-order valence-electron chi connectivity index (χ4n) is 5.09. The number of amides is 4. The molecule has 0 aliphatic carbocycles. The van der Waals surface area contributed by atoms with Gasteiger partial charge in [0, 0.05) is 20.1 Å². The number of rotatable bonds is 9. The van der Waals surface area contributed by atoms with E-state index in [2.05, 4.69) is 5.32 Å². The van der Waals surface area contributed by atoms with E-state index >= 15 is 0 Å². The number of nitrogens with one attached hydrogen (secondary N) is 1. The van der Waals surface area contributed by atoms with Gasteiger partial charge in [-0.3, -0.25) is 9.59 Å². The average molecular weight is 540 g/mol. The van der Waals surface area contributed by atoms with Crippen LogP contribution >= 0.6 is 0 Å². The molecule has 10 heteroatoms. The number of fused-ring (bicyclic) bond motifs is 1. The number of hydrogen-bond acceptors (Lipinski definition) is 5. The van der Waals surface area contributed by atoms with Crippen LogP contribution in [0.2, 0.25) is 0 Å². The molecule has 4 rings (SSSR count). The second-order valence-electron chi connectivity index (χ2n) is 10.7. The van der Waals surface area contributed by atoms with Crippen LogP contribution in [0.5, 0.6) is 0 Å². The summed E-state index contributed by atoms with van der Waals surface area (Å²) in [6.45, 7) is 7.56. The lowest BCUT2D eigenvalue weighted by Crippen LogP contribution is -2.76. The molecule has 2 saturated heterocycles. The van der Waals surface area contributed by atoms with Crippen molar-refractivity contribution in [2.75, 3.05) is 33.3 Å². The topological polar surface area (TPSA) is 85.4 Å². The van der Waals surface area contributed by atoms with E-state index in [0.717, 1.165) is 11.1 Å². The number of piperazine rings is 1. The van der Waals surface area contributed by atoms with E-state index in [9.17, 15) is 18.8 Å². The van der Waals surface area contributed by atoms with Gasteiger partial charge in [0.1, 0.15) is 18.0 Å². The van der Waals surface area contributed by atoms with Gasteiger partial charge in [0.25, 0.3) is 0 Å². The van der Waals surface area contributed by atoms with Gasteiger partial charge in [0.15, 0.2) is 0 Å². The second kappa shape index (κ2) is 12.6. The maximum Gasteiger partial charge on any atom is 0.334 e. The Balaban J connectivity index is 1.47. The summed E-state index contributed by atoms with van der Waals surface area (Å²) in [5.41, 5.74) is 2.98. The number of carbonyl (C=O) groups is 3. The molecule has 0 unspecified atom stereocenters. The van der Waals surface area contributed by atoms with Crippen molar-refractivity contribution in [3.63, 3.8) is 0 Å². The first-order valence-corrected chi connectivity index (χ1v) is 13.4. The van der Waals surface area contributed by atoms with Crippen LogP contribution in [-0.2, 0) is 27.5 Å². The van der Waals surface area contributed by atoms with Crippen LogP contribution in [0.25, 0.3) is 0 Å². The number of ether oxygens (including phenoxy) is 1. The van der Waals surface area contributed by atoms with Gasteiger partial charge < -0.3 is 19.9 Å². The highest BCUT2D eigenvalue weighted by Crippen LogP contribution is 2.28. The SMILES string of the molecule is Cc1ccc(COCCN2C[C@H]3N(C(=O)CN(C)N3C(=O)NCc3ccc(F)cc3)[C@@H](CC(C)C)C2=O)cc1. The summed E-state index contributed by atoms with van der Waals surface area (Å²) < 4.78 is 19.1. The minimum absolute atomic E-state index is 0.0119. The number of hydrazine groups is 1. The Kier molecular flexibility index (Phi) is 9.19. The first-order valence-electron chi connectivity index (χ1n) is 13.4. The standard InChI is InChI=1S/C29H38FN5O4/c1-20(2)15-25-28(37)33(13-14-39-19-23-7-5-21(3)6-8-23)17-26-34(25)27(36)18-32(4)35(26)29(38)31-16-22-9-11-24(30)12-10-22/h5-12,20,25-26H,13-19H2,1-4H3,(H,31,38)/t25-,26-/m0/s1. The summed E-state index contributed by atoms with van der Waals surface area (Å²) in [6.07, 6.45) is -0.153. The van der Waals surface area contributed by atoms with Gasteiger partial charge in [-0.15, -0.1) is 0 Å². The van der Waals surface area contributed by atoms with E-state index in [0.29, 0.717) is 26.2 Å². The maximum absolute atomic E-state index is 13.6. The van der Waals surface area contributed by atoms with Crippen molar-refractivity contribution in [1.82, 2.24) is 25.1 Å². The van der Waals surface area contributed by atoms with Gasteiger partial charge in [-0.2, -0.15) is 0 Å². The van der Waals surface area contributed by atoms with Gasteiger partial charge in [-0.1, -0.05) is 55.8 Å². The number of nitrogens with zero attached hydrogens (tertiary/aromatic N) is 4. The van der Waals surface area contributed by atoms with Crippen LogP contribution in [0, 0.1) is 18.7 Å². The molecule has 2 aromatic rings. The molecule has 2 atom stereocenters. The van der Waals surface area contributed by atoms with Crippen molar-refractivity contribution in [1.29, 1.82) is 0 Å². The summed E-state index contributed by atoms with van der Waals surface area (Å²) in [6, 6.07) is 13.0. The summed E-state index contributed by atoms with van der Waals surface area (Å²) in [5.74, 6) is -0.477. The normalized spacial score (nSPS) is 20.0. The number of hydrogen-bond donors (Lipinski definition) is 1. The molecule has 2 fully saturated rings. The first kappa shape index (κ1) is 28.5. The molecule has 1 N–H and O–H groups in total. The van der Waals surface area contributed by atoms with Crippen molar-refractivity contribution in [2.24, 2.45) is 5.92 Å². The molecule has 0 spiro atoms. The number of benzene rings is 2. The third-order valence-electron chi connectivity index (χ3n) is 7.09. The Morgan fingerprint density at radius 3 is 2.41 bits per heavy atom. The smallest absolute Gasteiger partial charge is 0.334 e. The molecular formula is C29H38FN5O4. The Morgan fingerprint density at radius 1 is 1.08 bits per heavy atom. The molecule has 0 aromatic heterocycles. The average Bonchev–Trinajstić information content (AvgIpc) is 2.89. The largest absolute Gasteiger partial charge is 0.375 e. The summed E-state index contributed by atoms with van der Waals surface area (Å²) >= 11 is 0. The molecule has 9 nitrogen and oxygen atoms in total. The van der Waals surface area contributed by atoms with Crippen LogP contribution in [0.4, 0.5) is 9.18 Å². The van der Waals surface area contributed by atoms with Crippen molar-refractivity contribution < 1.29 is 23.5 Å². The Labute approximate surface area is 229 Å². The predicted molar refractivity (Wildman–Crippen MR) is 144 cm³/mol. The summed E-state index contributed by atoms with van der Waals surface area (Å²) in [5, 5.41) is 5.99. The Morgan fingerprint density at radius 2 is 1.74 bits per heavy atom. The van der Waals surface area contributed by atoms with E-state index in [-0.39, 0.29) is 43.2 Å². The zero-order valence-electron chi connectivity index (χ0n) is 23.1. The molecule has 0 saturated carbocycles. The van der Waals surface area contributed by atoms with Crippen LogP contribution in [0.1, 0.15) is 37.0 Å². The highest BCUT2D eigenvalue weighted by molar-refractivity contribution is 5.91. The van der Waals surface area contributed by atoms with E-state index in [1.165, 1.54) is 22.7 Å². The van der Waals surface area contributed by atoms with Crippen LogP contribution in [0.3, 0.4) is 0 Å². The number of carbonyl (C=O) groups excluding carboxylic acids is 3. The number of likely N-dealkylation sites (N-methyl/N-ethyl adjacent to an activating group) is 1. The van der Waals surface area contributed by atoms with Crippen molar-refractivity contribution in [2.45, 2.75) is 52.6 Å². The fraction of sp³-hybridized carbons (Fsp3) is 0.483. The first-order chi connectivity index (χ1) is 18.6. The van der Waals surface area contributed by atoms with Crippen molar-refractivity contribution in [3.05, 3.63) is 71.0 Å². The van der Waals surface area contributed by atoms with Crippen LogP contribution < -0.4 is 5.32 Å². The predicted octanol–water partition coefficient (Wildman–Crippen LogP) is 3.13. The quantitative estimate of drug-likeness (QED) is 0.495. The van der Waals surface area contributed by atoms with Gasteiger partial charge in [-0.05, 0) is 42.5 Å². The molecule has 2 aromatic carbocycles. The third kappa shape index (κ3) is 6.93. The minimum atomic E-state index is -0.658. The second-order valence-corrected chi connectivity index (χ2v) is 10.7. The summed E-state index contributed by atoms with van der Waals surface area (Å²) in [4.78, 5) is 43.5. The molecule has 0 radical (unpaired) electrons. The zero-order chi connectivity index (χ0) is 28.1. The highest BCUT2D eigenvalue weighted by atomic mass is 19.1. The number of halogens is 1. The molecule has 2 aliphatic heterocycles. The molecule has 2 heterocycles. The van der Waals surface area contributed by atoms with E-state index in [4.69, 9.17) is 4.74 Å². The Bertz CT molecular complexity index is 1160. The monoisotopic (exact) mass is 539 g/mol. The van der Waals surface area contributed by atoms with Gasteiger partial charge in [0.2, 0.25) is 11.8 Å². The Hall–Kier alpha value is -3.50. The fourth-order valence-corrected chi connectivity index (χ4v) is 5.09. The number of urea groups is 1. The van der Waals surface area contributed by atoms with Gasteiger partial charge in [0.05, 0.1) is 26.3 Å². The molecular weight excluding hydrogens is 501 g/mol. The highest BCUT2D eigenvalue weighted by Gasteiger charge is 2.50. The van der Waals surface area contributed by atoms with E-state index in [1.807, 2.05) is 45.0 Å². The lowest BCUT2D eigenvalue weighted by molar-refractivity contribution is -0.188. The maximum atomic E-state index is 13.6. The van der Waals surface area contributed by atoms with Crippen LogP contribution in [0.15, 0.2) is 48.5 Å². The lowest BCUT2D eigenvalue weighted by atomic mass is 9.97. The molecule has 210 valence electrons. The molecule has 0 bridgehead atoms. The summed E-state index contributed by atoms with van der Waals surface area (Å²) in [7, 11) is 1.69. The van der Waals surface area contributed by atoms with Gasteiger partial charge in [-0.25, -0.2) is 19.2 Å². The van der Waals surface area contributed by atoms with E-state index in [1.54, 1.807) is 34.0 Å². The number of aryl methyl sites for hydroxylation is 1. The third-order valence-corrected chi connectivity index (χ3v) is 7.09. The van der Waals surface area contributed by atoms with Crippen molar-refractivity contribution in [3.8, 4) is 0 Å². The molecule has 4 amide bonds. The minimum Gasteiger partial charge on any atom is -0.375 e. The van der Waals surface area contributed by atoms with Gasteiger partial charge >= 0.3 is 6.03 Å². The molecule has 39 heavy (non-hydrogen) atoms. The van der Waals surface area contributed by atoms with E-state index < -0.39 is 18.2 Å². The zero-order valence-corrected chi connectivity index (χ0v) is 23.1. The molecule has 2 aliphatic rings. The van der Waals surface area contributed by atoms with Crippen molar-refractivity contribution >= 4 is 17.8 Å². The van der Waals surface area contributed by atoms with Crippen LogP contribution in [-0.4, -0.2) is 83.2 Å². The lowest BCUT2D eigenvalue weighted by Gasteiger charge is -2.54.